The summed E-state index contributed by atoms with van der Waals surface area (Å²) in [5.41, 5.74) is 3.29. The van der Waals surface area contributed by atoms with Crippen LogP contribution in [-0.4, -0.2) is 5.48 Å². The molecule has 1 aromatic rings. The van der Waals surface area contributed by atoms with Crippen molar-refractivity contribution >= 4 is 14.5 Å². The molecule has 2 heteroatoms. The summed E-state index contributed by atoms with van der Waals surface area (Å²) in [6.45, 7) is 13.6. The van der Waals surface area contributed by atoms with E-state index < -0.39 is 0 Å². The molecule has 0 aliphatic heterocycles. The highest BCUT2D eigenvalue weighted by Gasteiger charge is 2.19. The molecule has 1 rings (SSSR count). The summed E-state index contributed by atoms with van der Waals surface area (Å²) in [5, 5.41) is 1.28. The van der Waals surface area contributed by atoms with Crippen LogP contribution in [0.15, 0.2) is 18.2 Å². The van der Waals surface area contributed by atoms with E-state index in [9.17, 15) is 0 Å². The minimum absolute atomic E-state index is 0. The molecule has 0 aliphatic carbocycles. The highest BCUT2D eigenvalue weighted by Crippen LogP contribution is 2.28. The molecule has 0 amide bonds. The normalized spacial score (nSPS) is 12.2. The van der Waals surface area contributed by atoms with Crippen LogP contribution in [0.4, 0.5) is 0 Å². The number of rotatable bonds is 0. The van der Waals surface area contributed by atoms with Gasteiger partial charge in [0.05, 0.1) is 0 Å². The molecule has 0 spiro atoms. The van der Waals surface area contributed by atoms with E-state index in [1.54, 1.807) is 0 Å². The Hall–Kier alpha value is -0.390. The lowest BCUT2D eigenvalue weighted by atomic mass is 9.81. The van der Waals surface area contributed by atoms with Gasteiger partial charge in [0.1, 0.15) is 0 Å². The van der Waals surface area contributed by atoms with Gasteiger partial charge in [-0.15, -0.1) is 9.24 Å². The molecule has 0 radical (unpaired) electrons. The topological polar surface area (TPSA) is 31.5 Å². The second-order valence-corrected chi connectivity index (χ2v) is 7.01. The molecule has 1 aromatic carbocycles. The SMILES string of the molecule is CC(C)(C)c1cc(P)cc(C(C)(C)C)c1.O. The van der Waals surface area contributed by atoms with Crippen LogP contribution < -0.4 is 5.30 Å². The van der Waals surface area contributed by atoms with Crippen molar-refractivity contribution in [3.8, 4) is 0 Å². The summed E-state index contributed by atoms with van der Waals surface area (Å²) in [5.74, 6) is 0. The lowest BCUT2D eigenvalue weighted by Crippen LogP contribution is -2.18. The highest BCUT2D eigenvalue weighted by molar-refractivity contribution is 7.27. The van der Waals surface area contributed by atoms with Crippen LogP contribution in [-0.2, 0) is 10.8 Å². The molecule has 1 nitrogen and oxygen atoms in total. The van der Waals surface area contributed by atoms with Gasteiger partial charge in [0.15, 0.2) is 0 Å². The van der Waals surface area contributed by atoms with Crippen LogP contribution in [0, 0.1) is 0 Å². The summed E-state index contributed by atoms with van der Waals surface area (Å²) < 4.78 is 0. The lowest BCUT2D eigenvalue weighted by molar-refractivity contribution is 0.569. The zero-order valence-corrected chi connectivity index (χ0v) is 12.5. The fraction of sp³-hybridized carbons (Fsp3) is 0.571. The van der Waals surface area contributed by atoms with E-state index in [2.05, 4.69) is 69.0 Å². The Morgan fingerprint density at radius 2 is 1.06 bits per heavy atom. The van der Waals surface area contributed by atoms with Gasteiger partial charge in [0, 0.05) is 0 Å². The van der Waals surface area contributed by atoms with Crippen LogP contribution in [0.2, 0.25) is 0 Å². The van der Waals surface area contributed by atoms with Gasteiger partial charge in [0.2, 0.25) is 0 Å². The molecule has 0 heterocycles. The zero-order chi connectivity index (χ0) is 11.9. The van der Waals surface area contributed by atoms with Gasteiger partial charge in [-0.05, 0) is 27.3 Å². The Bertz CT molecular complexity index is 324. The Morgan fingerprint density at radius 1 is 0.750 bits per heavy atom. The Balaban J connectivity index is 0.00000225. The van der Waals surface area contributed by atoms with Crippen LogP contribution in [0.25, 0.3) is 0 Å². The first kappa shape index (κ1) is 15.6. The first-order valence-corrected chi connectivity index (χ1v) is 6.10. The minimum atomic E-state index is 0. The largest absolute Gasteiger partial charge is 0.412 e. The number of benzene rings is 1. The molecule has 0 bridgehead atoms. The maximum atomic E-state index is 2.81. The van der Waals surface area contributed by atoms with E-state index in [1.807, 2.05) is 0 Å². The number of hydrogen-bond donors (Lipinski definition) is 0. The quantitative estimate of drug-likeness (QED) is 0.624. The van der Waals surface area contributed by atoms with Crippen LogP contribution in [0.3, 0.4) is 0 Å². The lowest BCUT2D eigenvalue weighted by Gasteiger charge is -2.25. The average Bonchev–Trinajstić information content (AvgIpc) is 1.99. The standard InChI is InChI=1S/C14H23P.H2O/c1-13(2,3)10-7-11(14(4,5)6)9-12(15)8-10;/h7-9H,15H2,1-6H3;1H2. The summed E-state index contributed by atoms with van der Waals surface area (Å²) >= 11 is 0. The van der Waals surface area contributed by atoms with Gasteiger partial charge < -0.3 is 5.48 Å². The monoisotopic (exact) mass is 240 g/mol. The molecule has 0 aliphatic rings. The third kappa shape index (κ3) is 3.88. The maximum absolute atomic E-state index is 2.81. The smallest absolute Gasteiger partial charge is 0.0132 e. The van der Waals surface area contributed by atoms with Gasteiger partial charge in [-0.25, -0.2) is 0 Å². The second-order valence-electron chi connectivity index (χ2n) is 6.34. The third-order valence-electron chi connectivity index (χ3n) is 2.69. The Kier molecular flexibility index (Phi) is 4.74. The summed E-state index contributed by atoms with van der Waals surface area (Å²) in [4.78, 5) is 0. The molecular weight excluding hydrogens is 215 g/mol. The van der Waals surface area contributed by atoms with Crippen molar-refractivity contribution in [2.75, 3.05) is 0 Å². The predicted octanol–water partition coefficient (Wildman–Crippen LogP) is 2.96. The van der Waals surface area contributed by atoms with E-state index in [1.165, 1.54) is 16.4 Å². The number of hydrogen-bond acceptors (Lipinski definition) is 0. The summed E-state index contributed by atoms with van der Waals surface area (Å²) in [7, 11) is 2.81. The molecule has 2 N–H and O–H groups in total. The molecule has 16 heavy (non-hydrogen) atoms. The summed E-state index contributed by atoms with van der Waals surface area (Å²) in [6.07, 6.45) is 0. The van der Waals surface area contributed by atoms with Crippen molar-refractivity contribution in [2.24, 2.45) is 0 Å². The van der Waals surface area contributed by atoms with Crippen molar-refractivity contribution in [3.05, 3.63) is 29.3 Å². The molecule has 0 saturated carbocycles. The van der Waals surface area contributed by atoms with Gasteiger partial charge in [-0.1, -0.05) is 59.7 Å². The molecule has 0 saturated heterocycles. The molecule has 1 atom stereocenters. The fourth-order valence-corrected chi connectivity index (χ4v) is 1.88. The average molecular weight is 240 g/mol. The fourth-order valence-electron chi connectivity index (χ4n) is 1.52. The van der Waals surface area contributed by atoms with E-state index in [4.69, 9.17) is 0 Å². The highest BCUT2D eigenvalue weighted by atomic mass is 31.0. The molecule has 0 aromatic heterocycles. The van der Waals surface area contributed by atoms with Gasteiger partial charge in [-0.2, -0.15) is 0 Å². The molecule has 92 valence electrons. The Labute approximate surface area is 102 Å². The maximum Gasteiger partial charge on any atom is -0.0132 e. The van der Waals surface area contributed by atoms with Gasteiger partial charge in [0.25, 0.3) is 0 Å². The van der Waals surface area contributed by atoms with Crippen molar-refractivity contribution in [1.29, 1.82) is 0 Å². The molecular formula is C14H25OP. The van der Waals surface area contributed by atoms with Crippen molar-refractivity contribution in [1.82, 2.24) is 0 Å². The predicted molar refractivity (Wildman–Crippen MR) is 76.8 cm³/mol. The third-order valence-corrected chi connectivity index (χ3v) is 3.02. The van der Waals surface area contributed by atoms with Crippen LogP contribution in [0.1, 0.15) is 52.7 Å². The zero-order valence-electron chi connectivity index (χ0n) is 11.3. The van der Waals surface area contributed by atoms with Crippen LogP contribution in [0.5, 0.6) is 0 Å². The minimum Gasteiger partial charge on any atom is -0.412 e. The van der Waals surface area contributed by atoms with E-state index >= 15 is 0 Å². The van der Waals surface area contributed by atoms with E-state index in [0.29, 0.717) is 0 Å². The Morgan fingerprint density at radius 3 is 1.31 bits per heavy atom. The van der Waals surface area contributed by atoms with Gasteiger partial charge in [-0.3, -0.25) is 0 Å². The van der Waals surface area contributed by atoms with Crippen LogP contribution >= 0.6 is 9.24 Å². The van der Waals surface area contributed by atoms with Crippen molar-refractivity contribution in [2.45, 2.75) is 52.4 Å². The van der Waals surface area contributed by atoms with Crippen molar-refractivity contribution in [3.63, 3.8) is 0 Å². The van der Waals surface area contributed by atoms with E-state index in [0.717, 1.165) is 0 Å². The van der Waals surface area contributed by atoms with Gasteiger partial charge >= 0.3 is 0 Å². The molecule has 0 fully saturated rings. The molecule has 1 unspecified atom stereocenters. The second kappa shape index (κ2) is 4.85. The first-order valence-electron chi connectivity index (χ1n) is 5.52. The summed E-state index contributed by atoms with van der Waals surface area (Å²) in [6, 6.07) is 6.87. The first-order chi connectivity index (χ1) is 6.60. The van der Waals surface area contributed by atoms with Crippen molar-refractivity contribution < 1.29 is 5.48 Å². The van der Waals surface area contributed by atoms with E-state index in [-0.39, 0.29) is 16.3 Å².